The summed E-state index contributed by atoms with van der Waals surface area (Å²) in [6.07, 6.45) is 11.8. The molecule has 32 heavy (non-hydrogen) atoms. The molecule has 0 saturated heterocycles. The predicted molar refractivity (Wildman–Crippen MR) is 129 cm³/mol. The third-order valence-corrected chi connectivity index (χ3v) is 7.37. The fraction of sp³-hybridized carbons (Fsp3) is 0.500. The van der Waals surface area contributed by atoms with Gasteiger partial charge in [-0.1, -0.05) is 74.9 Å². The van der Waals surface area contributed by atoms with Crippen LogP contribution in [0, 0.1) is 11.8 Å². The molecule has 4 rings (SSSR count). The number of carbonyl (C=O) groups is 2. The Morgan fingerprint density at radius 1 is 0.562 bits per heavy atom. The van der Waals surface area contributed by atoms with Crippen LogP contribution in [-0.2, 0) is 0 Å². The van der Waals surface area contributed by atoms with E-state index in [9.17, 15) is 9.59 Å². The third-order valence-electron chi connectivity index (χ3n) is 7.37. The molecule has 4 nitrogen and oxygen atoms in total. The minimum absolute atomic E-state index is 0.0315. The topological polar surface area (TPSA) is 58.2 Å². The second-order valence-electron chi connectivity index (χ2n) is 9.53. The second kappa shape index (κ2) is 11.3. The molecule has 170 valence electrons. The van der Waals surface area contributed by atoms with Crippen LogP contribution < -0.4 is 10.6 Å². The van der Waals surface area contributed by atoms with Gasteiger partial charge < -0.3 is 10.6 Å². The highest BCUT2D eigenvalue weighted by Gasteiger charge is 2.38. The van der Waals surface area contributed by atoms with Gasteiger partial charge in [-0.15, -0.1) is 0 Å². The Kier molecular flexibility index (Phi) is 7.97. The van der Waals surface area contributed by atoms with Gasteiger partial charge in [0.05, 0.1) is 12.1 Å². The highest BCUT2D eigenvalue weighted by atomic mass is 16.2. The number of hydrogen-bond acceptors (Lipinski definition) is 2. The minimum atomic E-state index is -0.0428. The minimum Gasteiger partial charge on any atom is -0.347 e. The van der Waals surface area contributed by atoms with Crippen molar-refractivity contribution in [1.29, 1.82) is 0 Å². The largest absolute Gasteiger partial charge is 0.347 e. The Hall–Kier alpha value is -2.62. The lowest BCUT2D eigenvalue weighted by atomic mass is 9.73. The van der Waals surface area contributed by atoms with Gasteiger partial charge in [0.25, 0.3) is 11.8 Å². The second-order valence-corrected chi connectivity index (χ2v) is 9.53. The molecular formula is C28H36N2O2. The lowest BCUT2D eigenvalue weighted by Crippen LogP contribution is -2.58. The van der Waals surface area contributed by atoms with E-state index in [1.807, 2.05) is 60.7 Å². The van der Waals surface area contributed by atoms with Gasteiger partial charge in [0.2, 0.25) is 0 Å². The number of hydrogen-bond donors (Lipinski definition) is 2. The summed E-state index contributed by atoms with van der Waals surface area (Å²) < 4.78 is 0. The van der Waals surface area contributed by atoms with E-state index in [4.69, 9.17) is 0 Å². The maximum atomic E-state index is 13.2. The summed E-state index contributed by atoms with van der Waals surface area (Å²) in [6, 6.07) is 18.9. The molecule has 2 atom stereocenters. The van der Waals surface area contributed by atoms with Crippen molar-refractivity contribution in [2.75, 3.05) is 0 Å². The van der Waals surface area contributed by atoms with Crippen molar-refractivity contribution in [2.24, 2.45) is 11.8 Å². The molecule has 2 aromatic rings. The first kappa shape index (κ1) is 22.6. The molecule has 0 heterocycles. The van der Waals surface area contributed by atoms with Gasteiger partial charge in [0.1, 0.15) is 0 Å². The summed E-state index contributed by atoms with van der Waals surface area (Å²) in [7, 11) is 0. The van der Waals surface area contributed by atoms with Crippen molar-refractivity contribution in [3.63, 3.8) is 0 Å². The van der Waals surface area contributed by atoms with Crippen LogP contribution in [0.15, 0.2) is 60.7 Å². The maximum Gasteiger partial charge on any atom is 0.251 e. The SMILES string of the molecule is O=C(N[C@@H](C1CCCCC1)[C@@H](NC(=O)c1ccccc1)C1CCCCC1)c1ccccc1. The van der Waals surface area contributed by atoms with Crippen LogP contribution in [0.4, 0.5) is 0 Å². The van der Waals surface area contributed by atoms with E-state index in [2.05, 4.69) is 10.6 Å². The molecule has 4 heteroatoms. The number of benzene rings is 2. The molecule has 2 aliphatic carbocycles. The molecule has 0 spiro atoms. The summed E-state index contributed by atoms with van der Waals surface area (Å²) in [4.78, 5) is 26.4. The van der Waals surface area contributed by atoms with Crippen molar-refractivity contribution in [3.05, 3.63) is 71.8 Å². The molecule has 0 bridgehead atoms. The Morgan fingerprint density at radius 3 is 1.25 bits per heavy atom. The van der Waals surface area contributed by atoms with Gasteiger partial charge in [0, 0.05) is 11.1 Å². The van der Waals surface area contributed by atoms with Gasteiger partial charge in [-0.2, -0.15) is 0 Å². The van der Waals surface area contributed by atoms with E-state index in [-0.39, 0.29) is 23.9 Å². The number of amides is 2. The zero-order valence-electron chi connectivity index (χ0n) is 19.0. The fourth-order valence-electron chi connectivity index (χ4n) is 5.64. The molecule has 0 unspecified atom stereocenters. The first-order valence-electron chi connectivity index (χ1n) is 12.4. The van der Waals surface area contributed by atoms with Crippen molar-refractivity contribution in [2.45, 2.75) is 76.3 Å². The Morgan fingerprint density at radius 2 is 0.906 bits per heavy atom. The molecule has 0 radical (unpaired) electrons. The first-order chi connectivity index (χ1) is 15.7. The zero-order valence-corrected chi connectivity index (χ0v) is 19.0. The normalized spacial score (nSPS) is 19.6. The van der Waals surface area contributed by atoms with Crippen LogP contribution in [0.1, 0.15) is 84.9 Å². The van der Waals surface area contributed by atoms with E-state index in [1.54, 1.807) is 0 Å². The lowest BCUT2D eigenvalue weighted by Gasteiger charge is -2.41. The Balaban J connectivity index is 1.61. The lowest BCUT2D eigenvalue weighted by molar-refractivity contribution is 0.0784. The summed E-state index contributed by atoms with van der Waals surface area (Å²) in [5.41, 5.74) is 1.37. The van der Waals surface area contributed by atoms with Gasteiger partial charge >= 0.3 is 0 Å². The van der Waals surface area contributed by atoms with Crippen molar-refractivity contribution in [3.8, 4) is 0 Å². The standard InChI is InChI=1S/C28H36N2O2/c31-27(23-17-9-3-10-18-23)29-25(21-13-5-1-6-14-21)26(22-15-7-2-8-16-22)30-28(32)24-19-11-4-12-20-24/h3-4,9-12,17-22,25-26H,1-2,5-8,13-16H2,(H,29,31)(H,30,32)/t25-,26-/m0/s1. The van der Waals surface area contributed by atoms with Gasteiger partial charge in [0.15, 0.2) is 0 Å². The summed E-state index contributed by atoms with van der Waals surface area (Å²) in [6.45, 7) is 0. The van der Waals surface area contributed by atoms with Crippen LogP contribution in [-0.4, -0.2) is 23.9 Å². The van der Waals surface area contributed by atoms with Crippen molar-refractivity contribution >= 4 is 11.8 Å². The monoisotopic (exact) mass is 432 g/mol. The van der Waals surface area contributed by atoms with Crippen LogP contribution >= 0.6 is 0 Å². The molecular weight excluding hydrogens is 396 g/mol. The molecule has 2 aromatic carbocycles. The van der Waals surface area contributed by atoms with Gasteiger partial charge in [-0.05, 0) is 61.8 Å². The van der Waals surface area contributed by atoms with E-state index in [1.165, 1.54) is 38.5 Å². The van der Waals surface area contributed by atoms with Crippen LogP contribution in [0.5, 0.6) is 0 Å². The van der Waals surface area contributed by atoms with Gasteiger partial charge in [-0.25, -0.2) is 0 Å². The third kappa shape index (κ3) is 5.79. The number of rotatable bonds is 7. The fourth-order valence-corrected chi connectivity index (χ4v) is 5.64. The van der Waals surface area contributed by atoms with Crippen LogP contribution in [0.25, 0.3) is 0 Å². The summed E-state index contributed by atoms with van der Waals surface area (Å²) in [5, 5.41) is 6.81. The van der Waals surface area contributed by atoms with Crippen molar-refractivity contribution in [1.82, 2.24) is 10.6 Å². The summed E-state index contributed by atoms with van der Waals surface area (Å²) in [5.74, 6) is 0.741. The number of carbonyl (C=O) groups excluding carboxylic acids is 2. The smallest absolute Gasteiger partial charge is 0.251 e. The molecule has 2 saturated carbocycles. The average molecular weight is 433 g/mol. The first-order valence-corrected chi connectivity index (χ1v) is 12.4. The van der Waals surface area contributed by atoms with Crippen LogP contribution in [0.2, 0.25) is 0 Å². The molecule has 2 amide bonds. The Labute approximate surface area is 192 Å². The van der Waals surface area contributed by atoms with E-state index < -0.39 is 0 Å². The molecule has 0 aliphatic heterocycles. The molecule has 0 aromatic heterocycles. The highest BCUT2D eigenvalue weighted by Crippen LogP contribution is 2.34. The average Bonchev–Trinajstić information content (AvgIpc) is 2.88. The molecule has 2 aliphatic rings. The van der Waals surface area contributed by atoms with E-state index in [0.717, 1.165) is 25.7 Å². The number of nitrogens with one attached hydrogen (secondary N) is 2. The van der Waals surface area contributed by atoms with Gasteiger partial charge in [-0.3, -0.25) is 9.59 Å². The summed E-state index contributed by atoms with van der Waals surface area (Å²) >= 11 is 0. The highest BCUT2D eigenvalue weighted by molar-refractivity contribution is 5.95. The maximum absolute atomic E-state index is 13.2. The quantitative estimate of drug-likeness (QED) is 0.586. The predicted octanol–water partition coefficient (Wildman–Crippen LogP) is 5.74. The molecule has 2 fully saturated rings. The van der Waals surface area contributed by atoms with E-state index in [0.29, 0.717) is 23.0 Å². The Bertz CT molecular complexity index is 782. The van der Waals surface area contributed by atoms with E-state index >= 15 is 0 Å². The molecule has 2 N–H and O–H groups in total. The van der Waals surface area contributed by atoms with Crippen molar-refractivity contribution < 1.29 is 9.59 Å². The van der Waals surface area contributed by atoms with Crippen LogP contribution in [0.3, 0.4) is 0 Å². The zero-order chi connectivity index (χ0) is 22.2.